The number of morpholine rings is 1. The first kappa shape index (κ1) is 24.6. The van der Waals surface area contributed by atoms with Gasteiger partial charge in [0.15, 0.2) is 0 Å². The van der Waals surface area contributed by atoms with Crippen LogP contribution >= 0.6 is 24.8 Å². The minimum atomic E-state index is -0.413. The van der Waals surface area contributed by atoms with Crippen LogP contribution in [0.5, 0.6) is 0 Å². The highest BCUT2D eigenvalue weighted by Crippen LogP contribution is 2.13. The van der Waals surface area contributed by atoms with Crippen molar-refractivity contribution in [3.63, 3.8) is 0 Å². The molecule has 2 N–H and O–H groups in total. The fourth-order valence-electron chi connectivity index (χ4n) is 3.24. The smallest absolute Gasteiger partial charge is 0.253 e. The molecule has 10 heteroatoms. The monoisotopic (exact) mass is 436 g/mol. The van der Waals surface area contributed by atoms with Crippen LogP contribution in [0.25, 0.3) is 0 Å². The fourth-order valence-corrected chi connectivity index (χ4v) is 3.24. The van der Waals surface area contributed by atoms with Gasteiger partial charge in [-0.3, -0.25) is 14.5 Å². The van der Waals surface area contributed by atoms with E-state index in [9.17, 15) is 14.0 Å². The van der Waals surface area contributed by atoms with Crippen molar-refractivity contribution in [1.29, 1.82) is 0 Å². The van der Waals surface area contributed by atoms with E-state index in [2.05, 4.69) is 10.6 Å². The summed E-state index contributed by atoms with van der Waals surface area (Å²) in [6, 6.07) is 5.48. The number of anilines is 1. The van der Waals surface area contributed by atoms with Gasteiger partial charge in [-0.2, -0.15) is 0 Å². The summed E-state index contributed by atoms with van der Waals surface area (Å²) >= 11 is 0. The number of hydrogen-bond acceptors (Lipinski definition) is 5. The Labute approximate surface area is 176 Å². The summed E-state index contributed by atoms with van der Waals surface area (Å²) in [4.78, 5) is 28.7. The van der Waals surface area contributed by atoms with Gasteiger partial charge in [0.1, 0.15) is 11.9 Å². The van der Waals surface area contributed by atoms with E-state index in [1.165, 1.54) is 12.1 Å². The van der Waals surface area contributed by atoms with E-state index >= 15 is 0 Å². The summed E-state index contributed by atoms with van der Waals surface area (Å²) in [6.07, 6.45) is -0.413. The van der Waals surface area contributed by atoms with Gasteiger partial charge < -0.3 is 20.3 Å². The molecule has 2 fully saturated rings. The van der Waals surface area contributed by atoms with Gasteiger partial charge >= 0.3 is 0 Å². The lowest BCUT2D eigenvalue weighted by Gasteiger charge is -2.39. The van der Waals surface area contributed by atoms with Crippen LogP contribution in [0.15, 0.2) is 24.3 Å². The third-order valence-electron chi connectivity index (χ3n) is 4.85. The minimum absolute atomic E-state index is 0. The van der Waals surface area contributed by atoms with Crippen molar-refractivity contribution in [2.45, 2.75) is 19.1 Å². The number of nitrogens with zero attached hydrogens (tertiary/aromatic N) is 2. The highest BCUT2D eigenvalue weighted by molar-refractivity contribution is 5.94. The Bertz CT molecular complexity index is 653. The number of ether oxygens (including phenoxy) is 1. The summed E-state index contributed by atoms with van der Waals surface area (Å²) in [7, 11) is 0. The van der Waals surface area contributed by atoms with Gasteiger partial charge in [-0.15, -0.1) is 24.8 Å². The molecule has 2 aliphatic rings. The van der Waals surface area contributed by atoms with E-state index in [0.717, 1.165) is 6.54 Å². The molecule has 2 amide bonds. The maximum Gasteiger partial charge on any atom is 0.253 e. The molecular formula is C18H27Cl2FN4O3. The second kappa shape index (κ2) is 11.5. The number of piperazine rings is 1. The molecule has 2 atom stereocenters. The lowest BCUT2D eigenvalue weighted by Crippen LogP contribution is -2.57. The third kappa shape index (κ3) is 6.28. The van der Waals surface area contributed by atoms with E-state index in [1.54, 1.807) is 17.0 Å². The second-order valence-electron chi connectivity index (χ2n) is 6.60. The first-order valence-electron chi connectivity index (χ1n) is 8.96. The lowest BCUT2D eigenvalue weighted by molar-refractivity contribution is -0.147. The largest absolute Gasteiger partial charge is 0.366 e. The Morgan fingerprint density at radius 2 is 1.96 bits per heavy atom. The molecule has 1 aromatic rings. The van der Waals surface area contributed by atoms with E-state index in [1.807, 2.05) is 11.8 Å². The van der Waals surface area contributed by atoms with Crippen molar-refractivity contribution >= 4 is 42.3 Å². The molecule has 0 aromatic heterocycles. The predicted molar refractivity (Wildman–Crippen MR) is 110 cm³/mol. The molecule has 2 aliphatic heterocycles. The van der Waals surface area contributed by atoms with Crippen molar-refractivity contribution in [2.75, 3.05) is 51.2 Å². The Kier molecular flexibility index (Phi) is 10.1. The van der Waals surface area contributed by atoms with Gasteiger partial charge in [0, 0.05) is 45.0 Å². The van der Waals surface area contributed by atoms with Crippen molar-refractivity contribution < 1.29 is 18.7 Å². The summed E-state index contributed by atoms with van der Waals surface area (Å²) in [5.41, 5.74) is 0.442. The predicted octanol–water partition coefficient (Wildman–Crippen LogP) is 1.13. The molecule has 0 bridgehead atoms. The maximum atomic E-state index is 13.2. The molecule has 2 heterocycles. The van der Waals surface area contributed by atoms with Gasteiger partial charge in [0.25, 0.3) is 5.91 Å². The number of nitrogens with one attached hydrogen (secondary N) is 2. The average molecular weight is 437 g/mol. The first-order chi connectivity index (χ1) is 12.5. The van der Waals surface area contributed by atoms with Crippen LogP contribution in [-0.4, -0.2) is 79.6 Å². The van der Waals surface area contributed by atoms with Gasteiger partial charge in [-0.1, -0.05) is 6.07 Å². The van der Waals surface area contributed by atoms with Crippen LogP contribution in [0.3, 0.4) is 0 Å². The Morgan fingerprint density at radius 3 is 2.57 bits per heavy atom. The fraction of sp³-hybridized carbons (Fsp3) is 0.556. The van der Waals surface area contributed by atoms with Gasteiger partial charge in [-0.05, 0) is 25.1 Å². The number of amides is 2. The van der Waals surface area contributed by atoms with Crippen molar-refractivity contribution in [1.82, 2.24) is 15.1 Å². The normalized spacial score (nSPS) is 21.1. The van der Waals surface area contributed by atoms with Gasteiger partial charge in [-0.25, -0.2) is 4.39 Å². The SMILES string of the molecule is CC(C(=O)Nc1cccc(F)c1)N1CCN(C(=O)C2CNCCO2)CC1.Cl.Cl. The van der Waals surface area contributed by atoms with E-state index < -0.39 is 6.10 Å². The zero-order valence-corrected chi connectivity index (χ0v) is 17.4. The molecule has 1 aromatic carbocycles. The number of benzene rings is 1. The second-order valence-corrected chi connectivity index (χ2v) is 6.60. The molecule has 7 nitrogen and oxygen atoms in total. The number of rotatable bonds is 4. The topological polar surface area (TPSA) is 73.9 Å². The molecule has 28 heavy (non-hydrogen) atoms. The van der Waals surface area contributed by atoms with Crippen molar-refractivity contribution in [3.8, 4) is 0 Å². The number of carbonyl (C=O) groups is 2. The average Bonchev–Trinajstić information content (AvgIpc) is 2.67. The lowest BCUT2D eigenvalue weighted by atomic mass is 10.2. The Balaban J connectivity index is 0.00000196. The van der Waals surface area contributed by atoms with Crippen LogP contribution in [0.1, 0.15) is 6.92 Å². The highest BCUT2D eigenvalue weighted by Gasteiger charge is 2.31. The standard InChI is InChI=1S/C18H25FN4O3.2ClH/c1-13(17(24)21-15-4-2-3-14(19)11-15)22-6-8-23(9-7-22)18(25)16-12-20-5-10-26-16;;/h2-4,11,13,16,20H,5-10,12H2,1H3,(H,21,24);2*1H. The van der Waals surface area contributed by atoms with Crippen LogP contribution in [0, 0.1) is 5.82 Å². The summed E-state index contributed by atoms with van der Waals surface area (Å²) in [5, 5.41) is 5.90. The maximum absolute atomic E-state index is 13.2. The van der Waals surface area contributed by atoms with Crippen LogP contribution in [0.2, 0.25) is 0 Å². The zero-order valence-electron chi connectivity index (χ0n) is 15.7. The summed E-state index contributed by atoms with van der Waals surface area (Å²) in [5.74, 6) is -0.564. The van der Waals surface area contributed by atoms with E-state index in [-0.39, 0.29) is 48.5 Å². The van der Waals surface area contributed by atoms with Crippen LogP contribution < -0.4 is 10.6 Å². The molecule has 0 saturated carbocycles. The third-order valence-corrected chi connectivity index (χ3v) is 4.85. The first-order valence-corrected chi connectivity index (χ1v) is 8.96. The van der Waals surface area contributed by atoms with E-state index in [0.29, 0.717) is 45.0 Å². The summed E-state index contributed by atoms with van der Waals surface area (Å²) in [6.45, 7) is 6.05. The Hall–Kier alpha value is -1.45. The van der Waals surface area contributed by atoms with E-state index in [4.69, 9.17) is 4.74 Å². The number of hydrogen-bond donors (Lipinski definition) is 2. The van der Waals surface area contributed by atoms with Crippen LogP contribution in [-0.2, 0) is 14.3 Å². The molecule has 0 spiro atoms. The minimum Gasteiger partial charge on any atom is -0.366 e. The number of carbonyl (C=O) groups excluding carboxylic acids is 2. The highest BCUT2D eigenvalue weighted by atomic mass is 35.5. The van der Waals surface area contributed by atoms with Crippen LogP contribution in [0.4, 0.5) is 10.1 Å². The quantitative estimate of drug-likeness (QED) is 0.739. The molecule has 158 valence electrons. The molecule has 2 saturated heterocycles. The molecule has 3 rings (SSSR count). The molecule has 0 radical (unpaired) electrons. The Morgan fingerprint density at radius 1 is 1.25 bits per heavy atom. The zero-order chi connectivity index (χ0) is 18.5. The number of halogens is 3. The summed E-state index contributed by atoms with van der Waals surface area (Å²) < 4.78 is 18.8. The molecule has 2 unspecified atom stereocenters. The molecule has 0 aliphatic carbocycles. The van der Waals surface area contributed by atoms with Gasteiger partial charge in [0.2, 0.25) is 5.91 Å². The molecular weight excluding hydrogens is 410 g/mol. The van der Waals surface area contributed by atoms with Crippen molar-refractivity contribution in [3.05, 3.63) is 30.1 Å². The van der Waals surface area contributed by atoms with Gasteiger partial charge in [0.05, 0.1) is 12.6 Å². The van der Waals surface area contributed by atoms with Crippen molar-refractivity contribution in [2.24, 2.45) is 0 Å².